The van der Waals surface area contributed by atoms with Crippen molar-refractivity contribution in [1.82, 2.24) is 24.4 Å². The fraction of sp³-hybridized carbons (Fsp3) is 0.250. The van der Waals surface area contributed by atoms with Crippen LogP contribution in [-0.4, -0.2) is 72.0 Å². The Labute approximate surface area is 284 Å². The van der Waals surface area contributed by atoms with Crippen LogP contribution >= 0.6 is 11.8 Å². The van der Waals surface area contributed by atoms with Gasteiger partial charge in [-0.1, -0.05) is 96.7 Å². The van der Waals surface area contributed by atoms with Gasteiger partial charge in [0, 0.05) is 31.1 Å². The summed E-state index contributed by atoms with van der Waals surface area (Å²) in [5.41, 5.74) is 3.74. The number of amides is 1. The average molecular weight is 686 g/mol. The van der Waals surface area contributed by atoms with Gasteiger partial charge in [-0.3, -0.25) is 9.36 Å². The molecule has 0 atom stereocenters. The van der Waals surface area contributed by atoms with Crippen LogP contribution in [0, 0.1) is 5.82 Å². The summed E-state index contributed by atoms with van der Waals surface area (Å²) in [6, 6.07) is 33.2. The minimum absolute atomic E-state index is 0.105. The zero-order valence-electron chi connectivity index (χ0n) is 26.2. The van der Waals surface area contributed by atoms with E-state index in [0.717, 1.165) is 12.0 Å². The van der Waals surface area contributed by atoms with Crippen molar-refractivity contribution in [2.24, 2.45) is 0 Å². The van der Waals surface area contributed by atoms with E-state index >= 15 is 0 Å². The number of ether oxygens (including phenoxy) is 1. The highest BCUT2D eigenvalue weighted by molar-refractivity contribution is 7.99. The molecule has 0 radical (unpaired) electrons. The predicted octanol–water partition coefficient (Wildman–Crippen LogP) is 5.58. The van der Waals surface area contributed by atoms with Crippen LogP contribution in [0.2, 0.25) is 0 Å². The van der Waals surface area contributed by atoms with Gasteiger partial charge in [0.05, 0.1) is 30.4 Å². The maximum atomic E-state index is 13.7. The summed E-state index contributed by atoms with van der Waals surface area (Å²) < 4.78 is 49.1. The average Bonchev–Trinajstić information content (AvgIpc) is 3.53. The highest BCUT2D eigenvalue weighted by Gasteiger charge is 2.27. The first-order valence-corrected chi connectivity index (χ1v) is 18.2. The fourth-order valence-electron chi connectivity index (χ4n) is 5.69. The smallest absolute Gasteiger partial charge is 0.243 e. The molecule has 248 valence electrons. The number of carbonyl (C=O) groups excluding carboxylic acids is 1. The Morgan fingerprint density at radius 1 is 0.875 bits per heavy atom. The van der Waals surface area contributed by atoms with Gasteiger partial charge in [-0.25, -0.2) is 12.8 Å². The number of aromatic nitrogens is 3. The van der Waals surface area contributed by atoms with Crippen LogP contribution in [0.15, 0.2) is 119 Å². The van der Waals surface area contributed by atoms with Crippen LogP contribution in [-0.2, 0) is 26.1 Å². The van der Waals surface area contributed by atoms with Crippen molar-refractivity contribution in [2.75, 3.05) is 38.6 Å². The van der Waals surface area contributed by atoms with Crippen molar-refractivity contribution in [3.63, 3.8) is 0 Å². The lowest BCUT2D eigenvalue weighted by molar-refractivity contribution is -0.118. The molecule has 9 nitrogen and oxygen atoms in total. The highest BCUT2D eigenvalue weighted by atomic mass is 32.2. The number of benzene rings is 4. The van der Waals surface area contributed by atoms with Gasteiger partial charge in [0.15, 0.2) is 11.0 Å². The van der Waals surface area contributed by atoms with E-state index < -0.39 is 10.0 Å². The van der Waals surface area contributed by atoms with E-state index in [1.165, 1.54) is 39.3 Å². The molecule has 1 fully saturated rings. The summed E-state index contributed by atoms with van der Waals surface area (Å²) in [5, 5.41) is 12.4. The van der Waals surface area contributed by atoms with Crippen molar-refractivity contribution >= 4 is 27.7 Å². The number of hydrogen-bond donors (Lipinski definition) is 1. The lowest BCUT2D eigenvalue weighted by atomic mass is 9.88. The molecule has 1 aliphatic rings. The Morgan fingerprint density at radius 3 is 2.21 bits per heavy atom. The predicted molar refractivity (Wildman–Crippen MR) is 184 cm³/mol. The first-order valence-electron chi connectivity index (χ1n) is 15.7. The molecule has 1 aliphatic heterocycles. The zero-order chi connectivity index (χ0) is 33.3. The van der Waals surface area contributed by atoms with Crippen LogP contribution in [0.5, 0.6) is 0 Å². The standard InChI is InChI=1S/C36H36FN5O4S2/c37-31-16-14-27(15-17-31)25-42-35(30-12-7-13-32(24-30)48(44,45)41-20-22-46-23-21-41)39-40-36(42)47-26-34(43)38-19-18-33(28-8-3-1-4-9-28)29-10-5-2-6-11-29/h1-17,24,33H,18-23,25-26H2,(H,38,43). The van der Waals surface area contributed by atoms with Gasteiger partial charge in [-0.15, -0.1) is 10.2 Å². The molecule has 6 rings (SSSR count). The Kier molecular flexibility index (Phi) is 11.0. The molecule has 0 aliphatic carbocycles. The first-order chi connectivity index (χ1) is 23.4. The molecule has 5 aromatic rings. The van der Waals surface area contributed by atoms with E-state index in [1.807, 2.05) is 41.0 Å². The second-order valence-corrected chi connectivity index (χ2v) is 14.2. The molecule has 48 heavy (non-hydrogen) atoms. The quantitative estimate of drug-likeness (QED) is 0.161. The largest absolute Gasteiger partial charge is 0.379 e. The number of halogens is 1. The number of thioether (sulfide) groups is 1. The maximum Gasteiger partial charge on any atom is 0.243 e. The molecule has 1 saturated heterocycles. The summed E-state index contributed by atoms with van der Waals surface area (Å²) >= 11 is 1.24. The summed E-state index contributed by atoms with van der Waals surface area (Å²) in [6.45, 7) is 2.05. The second-order valence-electron chi connectivity index (χ2n) is 11.4. The summed E-state index contributed by atoms with van der Waals surface area (Å²) in [6.07, 6.45) is 0.735. The van der Waals surface area contributed by atoms with Gasteiger partial charge in [0.2, 0.25) is 15.9 Å². The second kappa shape index (κ2) is 15.7. The van der Waals surface area contributed by atoms with Gasteiger partial charge in [0.25, 0.3) is 0 Å². The number of sulfonamides is 1. The number of rotatable bonds is 13. The van der Waals surface area contributed by atoms with Crippen molar-refractivity contribution in [3.8, 4) is 11.4 Å². The number of nitrogens with one attached hydrogen (secondary N) is 1. The zero-order valence-corrected chi connectivity index (χ0v) is 27.9. The SMILES string of the molecule is O=C(CSc1nnc(-c2cccc(S(=O)(=O)N3CCOCC3)c2)n1Cc1ccc(F)cc1)NCCC(c1ccccc1)c1ccccc1. The number of hydrogen-bond acceptors (Lipinski definition) is 7. The third-order valence-corrected chi connectivity index (χ3v) is 11.0. The molecule has 0 unspecified atom stereocenters. The van der Waals surface area contributed by atoms with Crippen LogP contribution in [0.4, 0.5) is 4.39 Å². The van der Waals surface area contributed by atoms with E-state index in [9.17, 15) is 17.6 Å². The number of carbonyl (C=O) groups is 1. The summed E-state index contributed by atoms with van der Waals surface area (Å²) in [7, 11) is -3.74. The van der Waals surface area contributed by atoms with E-state index in [4.69, 9.17) is 4.74 Å². The summed E-state index contributed by atoms with van der Waals surface area (Å²) in [5.74, 6) is 0.196. The maximum absolute atomic E-state index is 13.7. The van der Waals surface area contributed by atoms with E-state index in [1.54, 1.807) is 36.4 Å². The Balaban J connectivity index is 1.18. The van der Waals surface area contributed by atoms with Crippen molar-refractivity contribution in [1.29, 1.82) is 0 Å². The van der Waals surface area contributed by atoms with Gasteiger partial charge >= 0.3 is 0 Å². The molecule has 0 bridgehead atoms. The molecular formula is C36H36FN5O4S2. The molecular weight excluding hydrogens is 650 g/mol. The molecule has 1 aromatic heterocycles. The number of nitrogens with zero attached hydrogens (tertiary/aromatic N) is 4. The molecule has 2 heterocycles. The lowest BCUT2D eigenvalue weighted by Crippen LogP contribution is -2.40. The van der Waals surface area contributed by atoms with Crippen molar-refractivity contribution in [2.45, 2.75) is 28.9 Å². The van der Waals surface area contributed by atoms with Gasteiger partial charge < -0.3 is 10.1 Å². The Bertz CT molecular complexity index is 1880. The molecule has 1 N–H and O–H groups in total. The van der Waals surface area contributed by atoms with E-state index in [-0.39, 0.29) is 41.4 Å². The van der Waals surface area contributed by atoms with E-state index in [0.29, 0.717) is 42.8 Å². The van der Waals surface area contributed by atoms with Gasteiger partial charge in [-0.2, -0.15) is 4.31 Å². The van der Waals surface area contributed by atoms with Gasteiger partial charge in [0.1, 0.15) is 5.82 Å². The molecule has 0 spiro atoms. The van der Waals surface area contributed by atoms with E-state index in [2.05, 4.69) is 39.8 Å². The topological polar surface area (TPSA) is 106 Å². The monoisotopic (exact) mass is 685 g/mol. The third kappa shape index (κ3) is 8.19. The van der Waals surface area contributed by atoms with Crippen LogP contribution in [0.1, 0.15) is 29.0 Å². The van der Waals surface area contributed by atoms with Gasteiger partial charge in [-0.05, 0) is 47.4 Å². The lowest BCUT2D eigenvalue weighted by Gasteiger charge is -2.26. The number of morpholine rings is 1. The van der Waals surface area contributed by atoms with Crippen LogP contribution in [0.3, 0.4) is 0 Å². The fourth-order valence-corrected chi connectivity index (χ4v) is 7.91. The Hall–Kier alpha value is -4.36. The van der Waals surface area contributed by atoms with Crippen LogP contribution in [0.25, 0.3) is 11.4 Å². The normalized spacial score (nSPS) is 13.9. The molecule has 12 heteroatoms. The van der Waals surface area contributed by atoms with Crippen LogP contribution < -0.4 is 5.32 Å². The molecule has 4 aromatic carbocycles. The minimum atomic E-state index is -3.74. The molecule has 0 saturated carbocycles. The summed E-state index contributed by atoms with van der Waals surface area (Å²) in [4.78, 5) is 13.2. The van der Waals surface area contributed by atoms with Crippen molar-refractivity contribution < 1.29 is 22.3 Å². The minimum Gasteiger partial charge on any atom is -0.379 e. The third-order valence-electron chi connectivity index (χ3n) is 8.16. The molecule has 1 amide bonds. The highest BCUT2D eigenvalue weighted by Crippen LogP contribution is 2.29. The van der Waals surface area contributed by atoms with Crippen molar-refractivity contribution in [3.05, 3.63) is 132 Å². The first kappa shape index (κ1) is 33.5. The Morgan fingerprint density at radius 2 is 1.54 bits per heavy atom.